The molecule has 45 nitrogen and oxygen atoms in total. The molecule has 582 valence electrons. The van der Waals surface area contributed by atoms with Crippen LogP contribution < -0.4 is 16.0 Å². The maximum Gasteiger partial charge on any atom is 0.380 e. The van der Waals surface area contributed by atoms with Crippen molar-refractivity contribution >= 4 is 138 Å². The summed E-state index contributed by atoms with van der Waals surface area (Å²) in [6, 6.07) is 0.464. The molecule has 9 heterocycles. The molecule has 3 unspecified atom stereocenters. The van der Waals surface area contributed by atoms with Gasteiger partial charge in [-0.25, -0.2) is 29.6 Å². The first-order chi connectivity index (χ1) is 48.6. The van der Waals surface area contributed by atoms with Gasteiger partial charge in [0.05, 0.1) is 30.5 Å². The summed E-state index contributed by atoms with van der Waals surface area (Å²) >= 11 is 18.2. The Morgan fingerprint density at radius 2 is 0.808 bits per heavy atom. The Hall–Kier alpha value is -4.54. The second kappa shape index (κ2) is 32.2. The van der Waals surface area contributed by atoms with Gasteiger partial charge in [0.1, 0.15) is 61.5 Å². The fraction of sp³-hybridized carbons (Fsp3) is 0.755. The summed E-state index contributed by atoms with van der Waals surface area (Å²) in [4.78, 5) is 75.7. The molecule has 0 bridgehead atoms. The number of nitrogens with one attached hydrogen (secondary N) is 3. The van der Waals surface area contributed by atoms with E-state index in [4.69, 9.17) is 63.9 Å². The molecule has 3 saturated heterocycles. The number of hydrogen-bond acceptors (Lipinski definition) is 36. The van der Waals surface area contributed by atoms with Gasteiger partial charge in [-0.1, -0.05) is 54.2 Å². The van der Waals surface area contributed by atoms with E-state index in [1.165, 1.54) is 0 Å². The smallest absolute Gasteiger partial charge is 0.380 e. The largest absolute Gasteiger partial charge is 0.394 e. The molecule has 6 fully saturated rings. The van der Waals surface area contributed by atoms with E-state index in [0.29, 0.717) is 11.6 Å². The second-order valence-corrected chi connectivity index (χ2v) is 39.3. The normalized spacial score (nSPS) is 27.5. The molecule has 0 spiro atoms. The number of hydrogen-bond donors (Lipinski definition) is 17. The quantitative estimate of drug-likeness (QED) is 0.0204. The Bertz CT molecular complexity index is 4580. The summed E-state index contributed by atoms with van der Waals surface area (Å²) in [5.74, 6) is -2.59. The number of alkyl halides is 1. The third kappa shape index (κ3) is 17.4. The fourth-order valence-electron chi connectivity index (χ4n) is 12.6. The van der Waals surface area contributed by atoms with Gasteiger partial charge < -0.3 is 105 Å². The lowest BCUT2D eigenvalue weighted by molar-refractivity contribution is -0.0377. The van der Waals surface area contributed by atoms with Crippen LogP contribution in [0.4, 0.5) is 21.8 Å². The van der Waals surface area contributed by atoms with Crippen LogP contribution in [0, 0.1) is 0 Å². The lowest BCUT2D eigenvalue weighted by atomic mass is 10.1. The monoisotopic (exact) mass is 1660 g/mol. The molecule has 6 aliphatic rings. The lowest BCUT2D eigenvalue weighted by Gasteiger charge is -2.25. The Balaban J connectivity index is 0.000000167. The van der Waals surface area contributed by atoms with E-state index in [1.54, 1.807) is 0 Å². The molecule has 0 aromatic carbocycles. The van der Waals surface area contributed by atoms with Crippen molar-refractivity contribution in [1.82, 2.24) is 74.9 Å². The number of rotatable bonds is 25. The van der Waals surface area contributed by atoms with Gasteiger partial charge in [0, 0.05) is 25.2 Å². The van der Waals surface area contributed by atoms with Gasteiger partial charge in [-0.15, -0.1) is 15.3 Å². The van der Waals surface area contributed by atoms with Crippen molar-refractivity contribution in [2.75, 3.05) is 60.1 Å². The Morgan fingerprint density at radius 3 is 1.08 bits per heavy atom. The van der Waals surface area contributed by atoms with Crippen LogP contribution in [0.25, 0.3) is 33.5 Å². The van der Waals surface area contributed by atoms with Crippen molar-refractivity contribution < 1.29 is 132 Å². The van der Waals surface area contributed by atoms with E-state index < -0.39 is 178 Å². The summed E-state index contributed by atoms with van der Waals surface area (Å²) in [5.41, 5.74) is 0.744. The van der Waals surface area contributed by atoms with Crippen LogP contribution in [0.3, 0.4) is 0 Å². The molecule has 3 aliphatic heterocycles. The number of aromatic nitrogens is 15. The Morgan fingerprint density at radius 1 is 0.510 bits per heavy atom. The molecule has 0 radical (unpaired) electrons. The van der Waals surface area contributed by atoms with E-state index in [2.05, 4.69) is 81.5 Å². The first kappa shape index (κ1) is 82.0. The summed E-state index contributed by atoms with van der Waals surface area (Å²) in [7, 11) is -29.8. The Kier molecular flexibility index (Phi) is 25.4. The number of fused-ring (bicyclic) bond motifs is 3. The van der Waals surface area contributed by atoms with Crippen LogP contribution in [0.5, 0.6) is 0 Å². The highest BCUT2D eigenvalue weighted by molar-refractivity contribution is 7.99. The van der Waals surface area contributed by atoms with E-state index >= 15 is 0 Å². The average Bonchev–Trinajstić information content (AvgIpc) is 1.41. The van der Waals surface area contributed by atoms with E-state index in [1.807, 2.05) is 0 Å². The highest BCUT2D eigenvalue weighted by atomic mass is 35.5. The number of anilines is 3. The molecular formula is C49H73Cl3FN18O27P3S3. The van der Waals surface area contributed by atoms with Crippen LogP contribution in [0.2, 0.25) is 15.9 Å². The molecule has 0 amide bonds. The first-order valence-electron chi connectivity index (χ1n) is 31.5. The van der Waals surface area contributed by atoms with Gasteiger partial charge in [-0.2, -0.15) is 43.9 Å². The highest BCUT2D eigenvalue weighted by Crippen LogP contribution is 2.55. The van der Waals surface area contributed by atoms with Crippen molar-refractivity contribution in [1.29, 1.82) is 0 Å². The van der Waals surface area contributed by atoms with Crippen LogP contribution in [0.1, 0.15) is 95.7 Å². The van der Waals surface area contributed by atoms with Crippen molar-refractivity contribution in [3.63, 3.8) is 0 Å². The lowest BCUT2D eigenvalue weighted by Crippen LogP contribution is -2.44. The molecule has 3 aliphatic carbocycles. The van der Waals surface area contributed by atoms with E-state index in [-0.39, 0.29) is 73.3 Å². The predicted molar refractivity (Wildman–Crippen MR) is 355 cm³/mol. The van der Waals surface area contributed by atoms with Gasteiger partial charge in [0.25, 0.3) is 0 Å². The maximum absolute atomic E-state index is 14.7. The number of aliphatic hydroxyl groups is 8. The van der Waals surface area contributed by atoms with Crippen LogP contribution in [0.15, 0.2) is 0 Å². The van der Waals surface area contributed by atoms with E-state index in [9.17, 15) is 98.7 Å². The van der Waals surface area contributed by atoms with Crippen molar-refractivity contribution in [3.8, 4) is 0 Å². The number of methoxy groups -OCH3 is 1. The minimum atomic E-state index is -5.99. The zero-order valence-electron chi connectivity index (χ0n) is 53.9. The van der Waals surface area contributed by atoms with Crippen molar-refractivity contribution in [2.45, 2.75) is 184 Å². The van der Waals surface area contributed by atoms with Gasteiger partial charge in [-0.3, -0.25) is 13.7 Å². The van der Waals surface area contributed by atoms with Crippen LogP contribution >= 0.6 is 57.6 Å². The number of nitrogens with zero attached hydrogens (tertiary/aromatic N) is 15. The number of halogens is 4. The molecule has 17 N–H and O–H groups in total. The van der Waals surface area contributed by atoms with Crippen LogP contribution in [-0.2, 0) is 62.2 Å². The average molecular weight is 1660 g/mol. The zero-order chi connectivity index (χ0) is 76.1. The van der Waals surface area contributed by atoms with Crippen molar-refractivity contribution in [3.05, 3.63) is 15.9 Å². The molecule has 12 rings (SSSR count). The topological polar surface area (TPSA) is 679 Å². The number of ether oxygens (including phenoxy) is 4. The second-order valence-electron chi connectivity index (χ2n) is 25.2. The highest BCUT2D eigenvalue weighted by Gasteiger charge is 2.61. The zero-order valence-corrected chi connectivity index (χ0v) is 61.3. The van der Waals surface area contributed by atoms with E-state index in [0.717, 1.165) is 98.2 Å². The molecular weight excluding hydrogens is 1590 g/mol. The molecule has 55 heteroatoms. The SMILES string of the molecule is COCC(P(=O)(O)O)S(=O)(=O)C[C@H]1O[C@@H](n2nnc3c(NC4CCCC4)nc(Cl)nc32)[C@H](O)[C@@H]1O.O=P(O)(O)C(CO)S(=O)(=O)C[C@H]1O[C@@H](n2nnc3c(NC4CCCC4)nc(Cl)nc32)[C@H](O)[C@@H]1O.O=P(O)(O)C(F)(CO)S(=O)(=O)C[C@H]1O[C@@H](n2nnc3c(NC4CCCC4)nc(Cl)nc32)[C@H](O)[C@@H]1O. The van der Waals surface area contributed by atoms with Gasteiger partial charge in [-0.05, 0) is 73.3 Å². The van der Waals surface area contributed by atoms with Crippen LogP contribution in [-0.4, -0.2) is 302 Å². The van der Waals surface area contributed by atoms with Crippen molar-refractivity contribution in [2.24, 2.45) is 0 Å². The number of aliphatic hydroxyl groups excluding tert-OH is 8. The van der Waals surface area contributed by atoms with Gasteiger partial charge in [0.2, 0.25) is 25.7 Å². The molecule has 15 atom stereocenters. The number of sulfone groups is 3. The summed E-state index contributed by atoms with van der Waals surface area (Å²) in [6.45, 7) is -4.13. The third-order valence-electron chi connectivity index (χ3n) is 18.0. The third-order valence-corrected chi connectivity index (χ3v) is 31.9. The maximum atomic E-state index is 14.7. The molecule has 3 saturated carbocycles. The summed E-state index contributed by atoms with van der Waals surface area (Å²) in [5, 5.41) is 114. The van der Waals surface area contributed by atoms with Gasteiger partial charge >= 0.3 is 27.5 Å². The summed E-state index contributed by atoms with van der Waals surface area (Å²) in [6.07, 6.45) is -8.03. The standard InChI is InChI=1S/C17H26ClN6O9PS.C16H23ClFN6O9PS.C16H24ClN6O9PS/c1-32-6-10(34(27,28)29)35(30,31)7-9-12(25)13(26)16(33-9)24-15-11(22-23-24)14(20-17(18)21-15)19-8-4-2-3-5-8;17-15-20-12(19-7-3-1-2-4-7)9-13(21-15)24(23-22-9)14-11(27)10(26)8(33-14)5-35(31,32)16(18,6-25)34(28,29)30;17-16-19-13(18-7-3-1-2-4-7)10-14(20-16)23(22-21-10)15-12(26)11(25)8(32-15)6-34(30,31)9(5-24)33(27,28)29/h8-10,12-13,16,25-26H,2-7H2,1H3,(H,19,20,21)(H2,27,28,29);7-8,10-11,14,25-27H,1-6H2,(H,19,20,21)(H2,28,29,30);7-9,11-12,15,24-26H,1-6H2,(H,18,19,20)(H2,27,28,29)/t9-,10?,12-,13-,16-;8-,10-,11-,14-,16?;8-,9?,11-,12-,15-/m111/s1. The summed E-state index contributed by atoms with van der Waals surface area (Å²) < 4.78 is 144. The minimum absolute atomic E-state index is 0.0179. The predicted octanol–water partition coefficient (Wildman–Crippen LogP) is -2.77. The molecule has 104 heavy (non-hydrogen) atoms. The van der Waals surface area contributed by atoms with Gasteiger partial charge in [0.15, 0.2) is 99.3 Å². The molecule has 6 aromatic heterocycles. The fourth-order valence-corrected chi connectivity index (χ4v) is 23.0. The Labute approximate surface area is 601 Å². The molecule has 6 aromatic rings. The first-order valence-corrected chi connectivity index (χ1v) is 42.7. The minimum Gasteiger partial charge on any atom is -0.394 e.